The summed E-state index contributed by atoms with van der Waals surface area (Å²) in [5.74, 6) is -0.0819. The molecule has 0 atom stereocenters. The Balaban J connectivity index is 2.40. The third kappa shape index (κ3) is 3.99. The smallest absolute Gasteiger partial charge is 0.251 e. The summed E-state index contributed by atoms with van der Waals surface area (Å²) in [6, 6.07) is 6.26. The van der Waals surface area contributed by atoms with Crippen LogP contribution in [0.25, 0.3) is 0 Å². The van der Waals surface area contributed by atoms with Crippen LogP contribution in [0, 0.1) is 0 Å². The number of methoxy groups -OCH3 is 1. The molecule has 0 spiro atoms. The van der Waals surface area contributed by atoms with Gasteiger partial charge in [0.05, 0.1) is 0 Å². The van der Waals surface area contributed by atoms with E-state index in [0.717, 1.165) is 6.42 Å². The van der Waals surface area contributed by atoms with Crippen LogP contribution in [0.2, 0.25) is 0 Å². The van der Waals surface area contributed by atoms with E-state index < -0.39 is 0 Å². The Hall–Kier alpha value is -1.55. The molecular weight excluding hydrogens is 194 g/mol. The van der Waals surface area contributed by atoms with Gasteiger partial charge in [-0.3, -0.25) is 4.79 Å². The first-order valence-electron chi connectivity index (χ1n) is 4.80. The molecule has 0 saturated heterocycles. The highest BCUT2D eigenvalue weighted by Gasteiger charge is 2.04. The number of rotatable bonds is 5. The van der Waals surface area contributed by atoms with E-state index in [1.165, 1.54) is 12.1 Å². The van der Waals surface area contributed by atoms with Gasteiger partial charge >= 0.3 is 0 Å². The molecule has 82 valence electrons. The van der Waals surface area contributed by atoms with E-state index in [2.05, 4.69) is 5.32 Å². The van der Waals surface area contributed by atoms with Crippen molar-refractivity contribution in [3.8, 4) is 5.75 Å². The second-order valence-electron chi connectivity index (χ2n) is 3.15. The molecule has 0 radical (unpaired) electrons. The molecule has 4 heteroatoms. The second-order valence-corrected chi connectivity index (χ2v) is 3.15. The zero-order valence-electron chi connectivity index (χ0n) is 8.69. The van der Waals surface area contributed by atoms with Gasteiger partial charge in [-0.1, -0.05) is 6.07 Å². The maximum absolute atomic E-state index is 11.5. The van der Waals surface area contributed by atoms with Gasteiger partial charge in [0.25, 0.3) is 5.91 Å². The van der Waals surface area contributed by atoms with Crippen LogP contribution in [-0.2, 0) is 4.74 Å². The molecule has 0 unspecified atom stereocenters. The number of nitrogens with one attached hydrogen (secondary N) is 1. The molecule has 4 nitrogen and oxygen atoms in total. The SMILES string of the molecule is COCCCNC(=O)c1cccc(O)c1. The minimum atomic E-state index is -0.179. The predicted octanol–water partition coefficient (Wildman–Crippen LogP) is 1.16. The van der Waals surface area contributed by atoms with E-state index >= 15 is 0 Å². The highest BCUT2D eigenvalue weighted by Crippen LogP contribution is 2.10. The van der Waals surface area contributed by atoms with Gasteiger partial charge in [-0.05, 0) is 24.6 Å². The molecule has 0 aliphatic carbocycles. The van der Waals surface area contributed by atoms with Crippen molar-refractivity contribution in [2.75, 3.05) is 20.3 Å². The number of aromatic hydroxyl groups is 1. The summed E-state index contributed by atoms with van der Waals surface area (Å²) < 4.78 is 4.86. The summed E-state index contributed by atoms with van der Waals surface area (Å²) >= 11 is 0. The minimum absolute atomic E-state index is 0.0968. The normalized spacial score (nSPS) is 9.93. The molecule has 0 heterocycles. The van der Waals surface area contributed by atoms with Gasteiger partial charge in [0.15, 0.2) is 0 Å². The standard InChI is InChI=1S/C11H15NO3/c1-15-7-3-6-12-11(14)9-4-2-5-10(13)8-9/h2,4-5,8,13H,3,6-7H2,1H3,(H,12,14). The van der Waals surface area contributed by atoms with Gasteiger partial charge in [-0.25, -0.2) is 0 Å². The van der Waals surface area contributed by atoms with Gasteiger partial charge < -0.3 is 15.2 Å². The summed E-state index contributed by atoms with van der Waals surface area (Å²) in [6.45, 7) is 1.20. The van der Waals surface area contributed by atoms with Crippen LogP contribution in [0.4, 0.5) is 0 Å². The van der Waals surface area contributed by atoms with Crippen molar-refractivity contribution in [1.29, 1.82) is 0 Å². The topological polar surface area (TPSA) is 58.6 Å². The first-order chi connectivity index (χ1) is 7.24. The second kappa shape index (κ2) is 6.03. The quantitative estimate of drug-likeness (QED) is 0.715. The van der Waals surface area contributed by atoms with Crippen LogP contribution in [-0.4, -0.2) is 31.3 Å². The van der Waals surface area contributed by atoms with E-state index in [1.807, 2.05) is 0 Å². The highest BCUT2D eigenvalue weighted by molar-refractivity contribution is 5.94. The number of benzene rings is 1. The lowest BCUT2D eigenvalue weighted by Gasteiger charge is -2.04. The number of carbonyl (C=O) groups excluding carboxylic acids is 1. The Morgan fingerprint density at radius 1 is 1.53 bits per heavy atom. The maximum atomic E-state index is 11.5. The van der Waals surface area contributed by atoms with E-state index in [0.29, 0.717) is 18.7 Å². The molecule has 0 aliphatic rings. The lowest BCUT2D eigenvalue weighted by Crippen LogP contribution is -2.25. The van der Waals surface area contributed by atoms with Crippen molar-refractivity contribution in [1.82, 2.24) is 5.32 Å². The Labute approximate surface area is 88.9 Å². The maximum Gasteiger partial charge on any atom is 0.251 e. The number of ether oxygens (including phenoxy) is 1. The third-order valence-electron chi connectivity index (χ3n) is 1.92. The van der Waals surface area contributed by atoms with Gasteiger partial charge in [-0.15, -0.1) is 0 Å². The average molecular weight is 209 g/mol. The molecule has 0 aliphatic heterocycles. The third-order valence-corrected chi connectivity index (χ3v) is 1.92. The summed E-state index contributed by atoms with van der Waals surface area (Å²) in [4.78, 5) is 11.5. The Kier molecular flexibility index (Phi) is 4.63. The van der Waals surface area contributed by atoms with Gasteiger partial charge in [0, 0.05) is 25.8 Å². The van der Waals surface area contributed by atoms with Crippen molar-refractivity contribution in [3.05, 3.63) is 29.8 Å². The number of phenolic OH excluding ortho intramolecular Hbond substituents is 1. The van der Waals surface area contributed by atoms with Crippen LogP contribution >= 0.6 is 0 Å². The van der Waals surface area contributed by atoms with Gasteiger partial charge in [0.1, 0.15) is 5.75 Å². The minimum Gasteiger partial charge on any atom is -0.508 e. The highest BCUT2D eigenvalue weighted by atomic mass is 16.5. The molecule has 1 aromatic rings. The number of amides is 1. The van der Waals surface area contributed by atoms with Crippen molar-refractivity contribution in [2.24, 2.45) is 0 Å². The molecule has 0 aromatic heterocycles. The summed E-state index contributed by atoms with van der Waals surface area (Å²) in [5.41, 5.74) is 0.465. The first-order valence-corrected chi connectivity index (χ1v) is 4.80. The van der Waals surface area contributed by atoms with E-state index in [-0.39, 0.29) is 11.7 Å². The van der Waals surface area contributed by atoms with Crippen LogP contribution in [0.15, 0.2) is 24.3 Å². The first kappa shape index (κ1) is 11.5. The molecule has 0 bridgehead atoms. The summed E-state index contributed by atoms with van der Waals surface area (Å²) in [5, 5.41) is 11.9. The van der Waals surface area contributed by atoms with E-state index in [4.69, 9.17) is 4.74 Å². The monoisotopic (exact) mass is 209 g/mol. The van der Waals surface area contributed by atoms with Crippen LogP contribution in [0.5, 0.6) is 5.75 Å². The summed E-state index contributed by atoms with van der Waals surface area (Å²) in [7, 11) is 1.62. The lowest BCUT2D eigenvalue weighted by atomic mass is 10.2. The average Bonchev–Trinajstić information content (AvgIpc) is 2.24. The number of hydrogen-bond donors (Lipinski definition) is 2. The Morgan fingerprint density at radius 2 is 2.33 bits per heavy atom. The fourth-order valence-corrected chi connectivity index (χ4v) is 1.17. The van der Waals surface area contributed by atoms with Crippen LogP contribution < -0.4 is 5.32 Å². The molecular formula is C11H15NO3. The van der Waals surface area contributed by atoms with Crippen molar-refractivity contribution in [3.63, 3.8) is 0 Å². The Bertz CT molecular complexity index is 325. The number of carbonyl (C=O) groups is 1. The Morgan fingerprint density at radius 3 is 3.00 bits per heavy atom. The number of phenols is 1. The molecule has 1 amide bonds. The fourth-order valence-electron chi connectivity index (χ4n) is 1.17. The van der Waals surface area contributed by atoms with Crippen molar-refractivity contribution < 1.29 is 14.6 Å². The zero-order valence-corrected chi connectivity index (χ0v) is 8.69. The van der Waals surface area contributed by atoms with Crippen molar-refractivity contribution >= 4 is 5.91 Å². The van der Waals surface area contributed by atoms with Gasteiger partial charge in [-0.2, -0.15) is 0 Å². The van der Waals surface area contributed by atoms with Crippen LogP contribution in [0.1, 0.15) is 16.8 Å². The molecule has 1 aromatic carbocycles. The molecule has 1 rings (SSSR count). The van der Waals surface area contributed by atoms with E-state index in [9.17, 15) is 9.90 Å². The van der Waals surface area contributed by atoms with Gasteiger partial charge in [0.2, 0.25) is 0 Å². The predicted molar refractivity (Wildman–Crippen MR) is 56.9 cm³/mol. The lowest BCUT2D eigenvalue weighted by molar-refractivity contribution is 0.0948. The fraction of sp³-hybridized carbons (Fsp3) is 0.364. The van der Waals surface area contributed by atoms with Crippen LogP contribution in [0.3, 0.4) is 0 Å². The van der Waals surface area contributed by atoms with Crippen molar-refractivity contribution in [2.45, 2.75) is 6.42 Å². The van der Waals surface area contributed by atoms with E-state index in [1.54, 1.807) is 19.2 Å². The molecule has 0 saturated carbocycles. The molecule has 15 heavy (non-hydrogen) atoms. The molecule has 2 N–H and O–H groups in total. The number of hydrogen-bond acceptors (Lipinski definition) is 3. The molecule has 0 fully saturated rings. The largest absolute Gasteiger partial charge is 0.508 e. The zero-order chi connectivity index (χ0) is 11.1. The summed E-state index contributed by atoms with van der Waals surface area (Å²) in [6.07, 6.45) is 0.779.